The van der Waals surface area contributed by atoms with Gasteiger partial charge in [0, 0.05) is 23.5 Å². The van der Waals surface area contributed by atoms with Crippen molar-refractivity contribution in [3.63, 3.8) is 0 Å². The lowest BCUT2D eigenvalue weighted by Crippen LogP contribution is -2.39. The third kappa shape index (κ3) is 3.75. The summed E-state index contributed by atoms with van der Waals surface area (Å²) >= 11 is 4.22. The fraction of sp³-hybridized carbons (Fsp3) is 0.500. The van der Waals surface area contributed by atoms with E-state index in [0.29, 0.717) is 12.3 Å². The third-order valence-corrected chi connectivity index (χ3v) is 3.66. The molecule has 0 radical (unpaired) electrons. The molecule has 1 amide bonds. The van der Waals surface area contributed by atoms with Crippen molar-refractivity contribution in [1.29, 1.82) is 0 Å². The number of hydrogen-bond acceptors (Lipinski definition) is 3. The summed E-state index contributed by atoms with van der Waals surface area (Å²) in [5, 5.41) is 3.05. The summed E-state index contributed by atoms with van der Waals surface area (Å²) in [6.45, 7) is 3.62. The highest BCUT2D eigenvalue weighted by Gasteiger charge is 2.23. The van der Waals surface area contributed by atoms with E-state index >= 15 is 0 Å². The zero-order valence-electron chi connectivity index (χ0n) is 10.6. The SMILES string of the molecule is CC(NC(=O)Cc1ccc(S)cc1)C1CCOC1. The maximum Gasteiger partial charge on any atom is 0.224 e. The topological polar surface area (TPSA) is 38.3 Å². The summed E-state index contributed by atoms with van der Waals surface area (Å²) in [6, 6.07) is 7.86. The van der Waals surface area contributed by atoms with E-state index in [4.69, 9.17) is 4.74 Å². The van der Waals surface area contributed by atoms with Crippen molar-refractivity contribution < 1.29 is 9.53 Å². The summed E-state index contributed by atoms with van der Waals surface area (Å²) in [6.07, 6.45) is 1.46. The van der Waals surface area contributed by atoms with E-state index in [-0.39, 0.29) is 11.9 Å². The number of amides is 1. The van der Waals surface area contributed by atoms with Crippen molar-refractivity contribution >= 4 is 18.5 Å². The van der Waals surface area contributed by atoms with Gasteiger partial charge in [-0.05, 0) is 31.0 Å². The minimum atomic E-state index is 0.0707. The zero-order chi connectivity index (χ0) is 13.0. The van der Waals surface area contributed by atoms with Gasteiger partial charge >= 0.3 is 0 Å². The molecular weight excluding hydrogens is 246 g/mol. The second-order valence-corrected chi connectivity index (χ2v) is 5.34. The first kappa shape index (κ1) is 13.4. The summed E-state index contributed by atoms with van der Waals surface area (Å²) in [5.74, 6) is 0.523. The van der Waals surface area contributed by atoms with Crippen molar-refractivity contribution in [1.82, 2.24) is 5.32 Å². The quantitative estimate of drug-likeness (QED) is 0.818. The third-order valence-electron chi connectivity index (χ3n) is 3.36. The molecular formula is C14H19NO2S. The Balaban J connectivity index is 1.82. The average Bonchev–Trinajstić information content (AvgIpc) is 2.85. The molecule has 0 saturated carbocycles. The minimum absolute atomic E-state index is 0.0707. The van der Waals surface area contributed by atoms with Gasteiger partial charge in [0.2, 0.25) is 5.91 Å². The molecule has 0 aromatic heterocycles. The molecule has 1 aliphatic rings. The maximum absolute atomic E-state index is 11.9. The lowest BCUT2D eigenvalue weighted by molar-refractivity contribution is -0.121. The van der Waals surface area contributed by atoms with E-state index in [2.05, 4.69) is 17.9 Å². The van der Waals surface area contributed by atoms with Crippen LogP contribution in [0.4, 0.5) is 0 Å². The number of nitrogens with one attached hydrogen (secondary N) is 1. The van der Waals surface area contributed by atoms with Gasteiger partial charge in [-0.1, -0.05) is 12.1 Å². The Morgan fingerprint density at radius 2 is 2.22 bits per heavy atom. The van der Waals surface area contributed by atoms with Crippen molar-refractivity contribution in [2.75, 3.05) is 13.2 Å². The molecule has 1 aromatic carbocycles. The Kier molecular flexibility index (Phi) is 4.66. The number of rotatable bonds is 4. The Bertz CT molecular complexity index is 399. The molecule has 98 valence electrons. The molecule has 1 aliphatic heterocycles. The minimum Gasteiger partial charge on any atom is -0.381 e. The molecule has 1 heterocycles. The summed E-state index contributed by atoms with van der Waals surface area (Å²) < 4.78 is 5.33. The predicted octanol–water partition coefficient (Wildman–Crippen LogP) is 2.06. The van der Waals surface area contributed by atoms with E-state index in [1.807, 2.05) is 31.2 Å². The van der Waals surface area contributed by atoms with Gasteiger partial charge in [0.15, 0.2) is 0 Å². The van der Waals surface area contributed by atoms with Crippen molar-refractivity contribution in [3.8, 4) is 0 Å². The van der Waals surface area contributed by atoms with Gasteiger partial charge in [-0.15, -0.1) is 12.6 Å². The van der Waals surface area contributed by atoms with Crippen LogP contribution in [-0.4, -0.2) is 25.2 Å². The molecule has 1 saturated heterocycles. The van der Waals surface area contributed by atoms with Gasteiger partial charge in [-0.3, -0.25) is 4.79 Å². The number of ether oxygens (including phenoxy) is 1. The molecule has 18 heavy (non-hydrogen) atoms. The highest BCUT2D eigenvalue weighted by molar-refractivity contribution is 7.80. The van der Waals surface area contributed by atoms with Crippen LogP contribution < -0.4 is 5.32 Å². The number of hydrogen-bond donors (Lipinski definition) is 2. The van der Waals surface area contributed by atoms with E-state index in [0.717, 1.165) is 30.1 Å². The monoisotopic (exact) mass is 265 g/mol. The van der Waals surface area contributed by atoms with Gasteiger partial charge in [-0.2, -0.15) is 0 Å². The Labute approximate surface area is 113 Å². The van der Waals surface area contributed by atoms with Crippen LogP contribution in [0.1, 0.15) is 18.9 Å². The van der Waals surface area contributed by atoms with Crippen LogP contribution in [0.2, 0.25) is 0 Å². The first-order valence-corrected chi connectivity index (χ1v) is 6.75. The van der Waals surface area contributed by atoms with E-state index in [9.17, 15) is 4.79 Å². The lowest BCUT2D eigenvalue weighted by Gasteiger charge is -2.19. The first-order chi connectivity index (χ1) is 8.65. The molecule has 1 fully saturated rings. The van der Waals surface area contributed by atoms with Crippen molar-refractivity contribution in [3.05, 3.63) is 29.8 Å². The van der Waals surface area contributed by atoms with Gasteiger partial charge in [0.1, 0.15) is 0 Å². The molecule has 0 spiro atoms. The molecule has 1 aromatic rings. The Morgan fingerprint density at radius 1 is 1.50 bits per heavy atom. The second kappa shape index (κ2) is 6.25. The van der Waals surface area contributed by atoms with E-state index < -0.39 is 0 Å². The molecule has 0 bridgehead atoms. The van der Waals surface area contributed by atoms with Gasteiger partial charge in [0.25, 0.3) is 0 Å². The van der Waals surface area contributed by atoms with Crippen LogP contribution in [0, 0.1) is 5.92 Å². The van der Waals surface area contributed by atoms with E-state index in [1.54, 1.807) is 0 Å². The fourth-order valence-electron chi connectivity index (χ4n) is 2.17. The van der Waals surface area contributed by atoms with Crippen LogP contribution in [0.5, 0.6) is 0 Å². The molecule has 4 heteroatoms. The molecule has 1 N–H and O–H groups in total. The largest absolute Gasteiger partial charge is 0.381 e. The maximum atomic E-state index is 11.9. The molecule has 2 rings (SSSR count). The van der Waals surface area contributed by atoms with Gasteiger partial charge < -0.3 is 10.1 Å². The lowest BCUT2D eigenvalue weighted by atomic mass is 10.0. The van der Waals surface area contributed by atoms with E-state index in [1.165, 1.54) is 0 Å². The average molecular weight is 265 g/mol. The number of carbonyl (C=O) groups is 1. The second-order valence-electron chi connectivity index (χ2n) is 4.82. The van der Waals surface area contributed by atoms with Crippen molar-refractivity contribution in [2.45, 2.75) is 30.7 Å². The van der Waals surface area contributed by atoms with Crippen LogP contribution in [0.3, 0.4) is 0 Å². The normalized spacial score (nSPS) is 20.7. The first-order valence-electron chi connectivity index (χ1n) is 6.30. The van der Waals surface area contributed by atoms with Crippen LogP contribution >= 0.6 is 12.6 Å². The van der Waals surface area contributed by atoms with Gasteiger partial charge in [0.05, 0.1) is 13.0 Å². The molecule has 3 nitrogen and oxygen atoms in total. The Morgan fingerprint density at radius 3 is 2.83 bits per heavy atom. The van der Waals surface area contributed by atoms with Crippen LogP contribution in [-0.2, 0) is 16.0 Å². The van der Waals surface area contributed by atoms with Gasteiger partial charge in [-0.25, -0.2) is 0 Å². The highest BCUT2D eigenvalue weighted by Crippen LogP contribution is 2.16. The smallest absolute Gasteiger partial charge is 0.224 e. The fourth-order valence-corrected chi connectivity index (χ4v) is 2.32. The predicted molar refractivity (Wildman–Crippen MR) is 73.9 cm³/mol. The van der Waals surface area contributed by atoms with Crippen LogP contribution in [0.15, 0.2) is 29.2 Å². The standard InChI is InChI=1S/C14H19NO2S/c1-10(12-6-7-17-9-12)15-14(16)8-11-2-4-13(18)5-3-11/h2-5,10,12,18H,6-9H2,1H3,(H,15,16). The Hall–Kier alpha value is -1.00. The number of carbonyl (C=O) groups excluding carboxylic acids is 1. The number of benzene rings is 1. The summed E-state index contributed by atoms with van der Waals surface area (Å²) in [4.78, 5) is 12.8. The van der Waals surface area contributed by atoms with Crippen LogP contribution in [0.25, 0.3) is 0 Å². The summed E-state index contributed by atoms with van der Waals surface area (Å²) in [7, 11) is 0. The highest BCUT2D eigenvalue weighted by atomic mass is 32.1. The number of thiol groups is 1. The van der Waals surface area contributed by atoms with Crippen molar-refractivity contribution in [2.24, 2.45) is 5.92 Å². The summed E-state index contributed by atoms with van der Waals surface area (Å²) in [5.41, 5.74) is 1.01. The molecule has 0 aliphatic carbocycles. The molecule has 2 atom stereocenters. The zero-order valence-corrected chi connectivity index (χ0v) is 11.5. The molecule has 2 unspecified atom stereocenters.